The lowest BCUT2D eigenvalue weighted by Crippen LogP contribution is -2.13. The van der Waals surface area contributed by atoms with E-state index in [1.54, 1.807) is 20.1 Å². The van der Waals surface area contributed by atoms with Crippen molar-refractivity contribution in [3.63, 3.8) is 0 Å². The highest BCUT2D eigenvalue weighted by Crippen LogP contribution is 2.36. The van der Waals surface area contributed by atoms with Crippen LogP contribution in [0.3, 0.4) is 0 Å². The molecule has 0 fully saturated rings. The summed E-state index contributed by atoms with van der Waals surface area (Å²) in [6.07, 6.45) is -0.504. The SMILES string of the molecule is CCOC(=O)Nc1cccc(-c2c(C#N)c3ccc(OC)cc3n2CC)c1. The molecule has 0 spiro atoms. The van der Waals surface area contributed by atoms with Gasteiger partial charge in [0, 0.05) is 29.2 Å². The smallest absolute Gasteiger partial charge is 0.411 e. The standard InChI is InChI=1S/C21H21N3O3/c1-4-24-19-12-16(26-3)9-10-17(19)18(13-22)20(24)14-7-6-8-15(11-14)23-21(25)27-5-2/h6-12H,4-5H2,1-3H3,(H,23,25). The molecular formula is C21H21N3O3. The van der Waals surface area contributed by atoms with Gasteiger partial charge in [0.2, 0.25) is 0 Å². The van der Waals surface area contributed by atoms with E-state index in [1.165, 1.54) is 0 Å². The number of carbonyl (C=O) groups is 1. The van der Waals surface area contributed by atoms with Crippen LogP contribution in [0.1, 0.15) is 19.4 Å². The number of nitrogens with zero attached hydrogens (tertiary/aromatic N) is 2. The third-order valence-electron chi connectivity index (χ3n) is 4.36. The normalized spacial score (nSPS) is 10.4. The van der Waals surface area contributed by atoms with Crippen LogP contribution in [0.25, 0.3) is 22.2 Å². The summed E-state index contributed by atoms with van der Waals surface area (Å²) in [6.45, 7) is 4.78. The van der Waals surface area contributed by atoms with Crippen molar-refractivity contribution in [2.75, 3.05) is 19.0 Å². The molecule has 0 aliphatic rings. The molecule has 6 heteroatoms. The molecule has 1 aromatic heterocycles. The zero-order valence-electron chi connectivity index (χ0n) is 15.6. The molecule has 0 saturated heterocycles. The van der Waals surface area contributed by atoms with Crippen molar-refractivity contribution < 1.29 is 14.3 Å². The van der Waals surface area contributed by atoms with E-state index in [2.05, 4.69) is 16.0 Å². The van der Waals surface area contributed by atoms with Gasteiger partial charge in [0.1, 0.15) is 11.8 Å². The molecule has 0 aliphatic carbocycles. The molecule has 0 unspecified atom stereocenters. The van der Waals surface area contributed by atoms with E-state index in [0.717, 1.165) is 27.9 Å². The maximum atomic E-state index is 11.7. The second kappa shape index (κ2) is 7.83. The van der Waals surface area contributed by atoms with Gasteiger partial charge in [-0.1, -0.05) is 12.1 Å². The van der Waals surface area contributed by atoms with Gasteiger partial charge in [-0.25, -0.2) is 4.79 Å². The van der Waals surface area contributed by atoms with Gasteiger partial charge in [-0.2, -0.15) is 5.26 Å². The minimum atomic E-state index is -0.504. The van der Waals surface area contributed by atoms with Gasteiger partial charge >= 0.3 is 6.09 Å². The molecule has 0 aliphatic heterocycles. The Balaban J connectivity index is 2.16. The first kappa shape index (κ1) is 18.3. The highest BCUT2D eigenvalue weighted by Gasteiger charge is 2.19. The van der Waals surface area contributed by atoms with E-state index in [0.29, 0.717) is 24.4 Å². The Morgan fingerprint density at radius 1 is 1.22 bits per heavy atom. The quantitative estimate of drug-likeness (QED) is 0.708. The molecule has 0 atom stereocenters. The van der Waals surface area contributed by atoms with Gasteiger partial charge in [-0.15, -0.1) is 0 Å². The number of methoxy groups -OCH3 is 1. The van der Waals surface area contributed by atoms with E-state index >= 15 is 0 Å². The van der Waals surface area contributed by atoms with Crippen LogP contribution in [0.15, 0.2) is 42.5 Å². The van der Waals surface area contributed by atoms with Crippen LogP contribution >= 0.6 is 0 Å². The molecule has 1 heterocycles. The number of hydrogen-bond donors (Lipinski definition) is 1. The Bertz CT molecular complexity index is 1030. The van der Waals surface area contributed by atoms with E-state index in [-0.39, 0.29) is 0 Å². The van der Waals surface area contributed by atoms with E-state index in [9.17, 15) is 10.1 Å². The zero-order valence-corrected chi connectivity index (χ0v) is 15.6. The van der Waals surface area contributed by atoms with Crippen LogP contribution in [-0.4, -0.2) is 24.4 Å². The highest BCUT2D eigenvalue weighted by atomic mass is 16.5. The van der Waals surface area contributed by atoms with E-state index in [4.69, 9.17) is 9.47 Å². The minimum absolute atomic E-state index is 0.302. The Morgan fingerprint density at radius 3 is 2.70 bits per heavy atom. The second-order valence-corrected chi connectivity index (χ2v) is 5.89. The molecule has 3 aromatic rings. The van der Waals surface area contributed by atoms with Crippen LogP contribution in [0.2, 0.25) is 0 Å². The number of fused-ring (bicyclic) bond motifs is 1. The fourth-order valence-electron chi connectivity index (χ4n) is 3.23. The van der Waals surface area contributed by atoms with Gasteiger partial charge in [0.15, 0.2) is 0 Å². The number of aryl methyl sites for hydroxylation is 1. The molecule has 0 radical (unpaired) electrons. The van der Waals surface area contributed by atoms with Crippen molar-refractivity contribution in [3.05, 3.63) is 48.0 Å². The largest absolute Gasteiger partial charge is 0.497 e. The number of ether oxygens (including phenoxy) is 2. The number of amides is 1. The van der Waals surface area contributed by atoms with Gasteiger partial charge in [-0.3, -0.25) is 5.32 Å². The maximum absolute atomic E-state index is 11.7. The number of benzene rings is 2. The van der Waals surface area contributed by atoms with Crippen LogP contribution in [-0.2, 0) is 11.3 Å². The Hall–Kier alpha value is -3.46. The molecule has 1 N–H and O–H groups in total. The highest BCUT2D eigenvalue weighted by molar-refractivity contribution is 5.96. The van der Waals surface area contributed by atoms with Crippen LogP contribution in [0, 0.1) is 11.3 Å². The molecule has 0 saturated carbocycles. The average molecular weight is 363 g/mol. The van der Waals surface area contributed by atoms with Gasteiger partial charge < -0.3 is 14.0 Å². The summed E-state index contributed by atoms with van der Waals surface area (Å²) >= 11 is 0. The summed E-state index contributed by atoms with van der Waals surface area (Å²) in [4.78, 5) is 11.7. The Morgan fingerprint density at radius 2 is 2.04 bits per heavy atom. The first-order chi connectivity index (χ1) is 13.1. The summed E-state index contributed by atoms with van der Waals surface area (Å²) in [5.41, 5.74) is 3.81. The third kappa shape index (κ3) is 3.44. The first-order valence-corrected chi connectivity index (χ1v) is 8.77. The van der Waals surface area contributed by atoms with Gasteiger partial charge in [0.25, 0.3) is 0 Å². The van der Waals surface area contributed by atoms with Gasteiger partial charge in [0.05, 0.1) is 30.5 Å². The van der Waals surface area contributed by atoms with E-state index < -0.39 is 6.09 Å². The Labute approximate surface area is 157 Å². The molecule has 138 valence electrons. The number of nitriles is 1. The molecule has 27 heavy (non-hydrogen) atoms. The van der Waals surface area contributed by atoms with Gasteiger partial charge in [-0.05, 0) is 38.1 Å². The number of hydrogen-bond acceptors (Lipinski definition) is 4. The fourth-order valence-corrected chi connectivity index (χ4v) is 3.23. The molecule has 0 bridgehead atoms. The monoisotopic (exact) mass is 363 g/mol. The van der Waals surface area contributed by atoms with Crippen LogP contribution < -0.4 is 10.1 Å². The minimum Gasteiger partial charge on any atom is -0.497 e. The summed E-state index contributed by atoms with van der Waals surface area (Å²) in [5.74, 6) is 0.739. The third-order valence-corrected chi connectivity index (χ3v) is 4.36. The number of rotatable bonds is 5. The number of aromatic nitrogens is 1. The predicted octanol–water partition coefficient (Wildman–Crippen LogP) is 4.78. The number of carbonyl (C=O) groups excluding carboxylic acids is 1. The van der Waals surface area contributed by atoms with Crippen molar-refractivity contribution in [2.45, 2.75) is 20.4 Å². The number of nitrogens with one attached hydrogen (secondary N) is 1. The van der Waals surface area contributed by atoms with Crippen LogP contribution in [0.4, 0.5) is 10.5 Å². The van der Waals surface area contributed by atoms with E-state index in [1.807, 2.05) is 43.3 Å². The topological polar surface area (TPSA) is 76.3 Å². The predicted molar refractivity (Wildman–Crippen MR) is 105 cm³/mol. The molecule has 1 amide bonds. The maximum Gasteiger partial charge on any atom is 0.411 e. The van der Waals surface area contributed by atoms with Crippen LogP contribution in [0.5, 0.6) is 5.75 Å². The summed E-state index contributed by atoms with van der Waals surface area (Å²) in [7, 11) is 1.62. The molecule has 6 nitrogen and oxygen atoms in total. The van der Waals surface area contributed by atoms with Crippen molar-refractivity contribution in [1.29, 1.82) is 5.26 Å². The lowest BCUT2D eigenvalue weighted by molar-refractivity contribution is 0.168. The van der Waals surface area contributed by atoms with Crippen molar-refractivity contribution >= 4 is 22.7 Å². The fraction of sp³-hybridized carbons (Fsp3) is 0.238. The summed E-state index contributed by atoms with van der Waals surface area (Å²) < 4.78 is 12.4. The summed E-state index contributed by atoms with van der Waals surface area (Å²) in [6, 6.07) is 15.4. The lowest BCUT2D eigenvalue weighted by Gasteiger charge is -2.11. The lowest BCUT2D eigenvalue weighted by atomic mass is 10.1. The van der Waals surface area contributed by atoms with Crippen molar-refractivity contribution in [2.24, 2.45) is 0 Å². The summed E-state index contributed by atoms with van der Waals surface area (Å²) in [5, 5.41) is 13.4. The molecular weight excluding hydrogens is 342 g/mol. The van der Waals surface area contributed by atoms with Crippen molar-refractivity contribution in [1.82, 2.24) is 4.57 Å². The van der Waals surface area contributed by atoms with Crippen molar-refractivity contribution in [3.8, 4) is 23.1 Å². The first-order valence-electron chi connectivity index (χ1n) is 8.77. The number of anilines is 1. The molecule has 2 aromatic carbocycles. The second-order valence-electron chi connectivity index (χ2n) is 5.89. The molecule has 3 rings (SSSR count). The zero-order chi connectivity index (χ0) is 19.4. The average Bonchev–Trinajstić information content (AvgIpc) is 3.00. The Kier molecular flexibility index (Phi) is 5.32.